The molecule has 0 radical (unpaired) electrons. The first-order valence-electron chi connectivity index (χ1n) is 8.52. The first-order chi connectivity index (χ1) is 12.8. The van der Waals surface area contributed by atoms with E-state index in [0.29, 0.717) is 37.6 Å². The number of nitrogens with one attached hydrogen (secondary N) is 1. The van der Waals surface area contributed by atoms with E-state index < -0.39 is 11.7 Å². The van der Waals surface area contributed by atoms with Gasteiger partial charge in [-0.2, -0.15) is 13.2 Å². The summed E-state index contributed by atoms with van der Waals surface area (Å²) in [6, 6.07) is 12.7. The topological polar surface area (TPSA) is 35.6 Å². The van der Waals surface area contributed by atoms with Crippen LogP contribution in [0.5, 0.6) is 0 Å². The Hall–Kier alpha value is -2.06. The second kappa shape index (κ2) is 8.31. The highest BCUT2D eigenvalue weighted by atomic mass is 79.9. The van der Waals surface area contributed by atoms with E-state index in [-0.39, 0.29) is 12.5 Å². The molecule has 3 rings (SSSR count). The molecule has 1 fully saturated rings. The van der Waals surface area contributed by atoms with Gasteiger partial charge in [-0.1, -0.05) is 18.2 Å². The van der Waals surface area contributed by atoms with Crippen LogP contribution in [0.2, 0.25) is 0 Å². The molecule has 1 heterocycles. The second-order valence-electron chi connectivity index (χ2n) is 6.34. The summed E-state index contributed by atoms with van der Waals surface area (Å²) in [7, 11) is 0. The number of hydrogen-bond acceptors (Lipinski definition) is 3. The monoisotopic (exact) mass is 441 g/mol. The highest BCUT2D eigenvalue weighted by Crippen LogP contribution is 2.31. The Kier molecular flexibility index (Phi) is 6.06. The zero-order valence-electron chi connectivity index (χ0n) is 14.5. The van der Waals surface area contributed by atoms with Gasteiger partial charge in [0, 0.05) is 36.3 Å². The molecule has 0 bridgehead atoms. The number of hydrogen-bond donors (Lipinski definition) is 1. The van der Waals surface area contributed by atoms with Crippen molar-refractivity contribution in [2.75, 3.05) is 42.9 Å². The fraction of sp³-hybridized carbons (Fsp3) is 0.316. The molecule has 27 heavy (non-hydrogen) atoms. The molecular formula is C19H19BrF3N3O. The third-order valence-corrected chi connectivity index (χ3v) is 5.12. The van der Waals surface area contributed by atoms with Crippen LogP contribution in [0.4, 0.5) is 24.5 Å². The van der Waals surface area contributed by atoms with Gasteiger partial charge in [0.05, 0.1) is 17.8 Å². The average molecular weight is 442 g/mol. The van der Waals surface area contributed by atoms with E-state index in [1.165, 1.54) is 12.1 Å². The largest absolute Gasteiger partial charge is 0.416 e. The number of amides is 1. The summed E-state index contributed by atoms with van der Waals surface area (Å²) in [5.74, 6) is -0.116. The number of halogens is 4. The highest BCUT2D eigenvalue weighted by molar-refractivity contribution is 9.10. The Labute approximate surface area is 164 Å². The molecule has 0 aliphatic carbocycles. The summed E-state index contributed by atoms with van der Waals surface area (Å²) in [5.41, 5.74) is 0.627. The van der Waals surface area contributed by atoms with Crippen LogP contribution in [0.15, 0.2) is 53.0 Å². The van der Waals surface area contributed by atoms with Crippen molar-refractivity contribution in [3.63, 3.8) is 0 Å². The molecule has 2 aromatic carbocycles. The van der Waals surface area contributed by atoms with Crippen molar-refractivity contribution < 1.29 is 18.0 Å². The van der Waals surface area contributed by atoms with Gasteiger partial charge in [-0.3, -0.25) is 9.69 Å². The van der Waals surface area contributed by atoms with E-state index in [0.717, 1.165) is 10.5 Å². The quantitative estimate of drug-likeness (QED) is 0.770. The third kappa shape index (κ3) is 5.23. The molecule has 4 nitrogen and oxygen atoms in total. The van der Waals surface area contributed by atoms with Crippen molar-refractivity contribution >= 4 is 33.2 Å². The smallest absolute Gasteiger partial charge is 0.369 e. The summed E-state index contributed by atoms with van der Waals surface area (Å²) in [4.78, 5) is 16.1. The van der Waals surface area contributed by atoms with Gasteiger partial charge in [-0.05, 0) is 46.3 Å². The minimum absolute atomic E-state index is 0.116. The number of benzene rings is 2. The van der Waals surface area contributed by atoms with Crippen molar-refractivity contribution in [2.45, 2.75) is 6.18 Å². The lowest BCUT2D eigenvalue weighted by molar-refractivity contribution is -0.137. The molecule has 1 saturated heterocycles. The predicted octanol–water partition coefficient (Wildman–Crippen LogP) is 4.23. The lowest BCUT2D eigenvalue weighted by atomic mass is 10.1. The molecule has 0 spiro atoms. The predicted molar refractivity (Wildman–Crippen MR) is 103 cm³/mol. The maximum Gasteiger partial charge on any atom is 0.416 e. The van der Waals surface area contributed by atoms with Gasteiger partial charge in [-0.15, -0.1) is 0 Å². The molecule has 1 aliphatic heterocycles. The summed E-state index contributed by atoms with van der Waals surface area (Å²) < 4.78 is 39.4. The second-order valence-corrected chi connectivity index (χ2v) is 7.19. The fourth-order valence-corrected chi connectivity index (χ4v) is 3.38. The zero-order valence-corrected chi connectivity index (χ0v) is 16.1. The van der Waals surface area contributed by atoms with Gasteiger partial charge in [0.2, 0.25) is 5.91 Å². The van der Waals surface area contributed by atoms with Crippen LogP contribution in [0.1, 0.15) is 5.56 Å². The van der Waals surface area contributed by atoms with Gasteiger partial charge < -0.3 is 10.2 Å². The molecule has 8 heteroatoms. The van der Waals surface area contributed by atoms with Crippen molar-refractivity contribution in [3.05, 3.63) is 58.6 Å². The van der Waals surface area contributed by atoms with Crippen LogP contribution in [-0.2, 0) is 11.0 Å². The number of rotatable bonds is 4. The van der Waals surface area contributed by atoms with Gasteiger partial charge >= 0.3 is 6.18 Å². The Morgan fingerprint density at radius 3 is 2.41 bits per heavy atom. The number of para-hydroxylation sites is 1. The lowest BCUT2D eigenvalue weighted by Gasteiger charge is -2.36. The Morgan fingerprint density at radius 2 is 1.74 bits per heavy atom. The number of carbonyl (C=O) groups excluding carboxylic acids is 1. The van der Waals surface area contributed by atoms with Gasteiger partial charge in [0.25, 0.3) is 0 Å². The summed E-state index contributed by atoms with van der Waals surface area (Å²) in [5, 5.41) is 2.86. The number of alkyl halides is 3. The van der Waals surface area contributed by atoms with E-state index in [4.69, 9.17) is 0 Å². The van der Waals surface area contributed by atoms with E-state index in [2.05, 4.69) is 21.2 Å². The van der Waals surface area contributed by atoms with Gasteiger partial charge in [-0.25, -0.2) is 0 Å². The number of nitrogens with zero attached hydrogens (tertiary/aromatic N) is 2. The van der Waals surface area contributed by atoms with Gasteiger partial charge in [0.1, 0.15) is 0 Å². The van der Waals surface area contributed by atoms with Crippen molar-refractivity contribution in [1.82, 2.24) is 4.90 Å². The van der Waals surface area contributed by atoms with Crippen molar-refractivity contribution in [1.29, 1.82) is 0 Å². The minimum Gasteiger partial charge on any atom is -0.369 e. The molecule has 2 aromatic rings. The standard InChI is InChI=1S/C19H19BrF3N3O/c20-16-6-1-2-7-17(16)24-18(27)13-25-8-10-26(11-9-25)15-5-3-4-14(12-15)19(21,22)23/h1-7,12H,8-11,13H2,(H,24,27). The van der Waals surface area contributed by atoms with Crippen LogP contribution in [0, 0.1) is 0 Å². The maximum atomic E-state index is 12.9. The number of anilines is 2. The third-order valence-electron chi connectivity index (χ3n) is 4.43. The summed E-state index contributed by atoms with van der Waals surface area (Å²) in [6.45, 7) is 2.62. The van der Waals surface area contributed by atoms with E-state index in [1.807, 2.05) is 34.1 Å². The van der Waals surface area contributed by atoms with Crippen LogP contribution in [0.25, 0.3) is 0 Å². The minimum atomic E-state index is -4.35. The van der Waals surface area contributed by atoms with E-state index in [9.17, 15) is 18.0 Å². The van der Waals surface area contributed by atoms with E-state index >= 15 is 0 Å². The van der Waals surface area contributed by atoms with Gasteiger partial charge in [0.15, 0.2) is 0 Å². The van der Waals surface area contributed by atoms with Crippen LogP contribution in [-0.4, -0.2) is 43.5 Å². The first-order valence-corrected chi connectivity index (χ1v) is 9.31. The number of carbonyl (C=O) groups is 1. The fourth-order valence-electron chi connectivity index (χ4n) is 3.00. The molecule has 1 amide bonds. The first kappa shape index (κ1) is 19.7. The summed E-state index contributed by atoms with van der Waals surface area (Å²) in [6.07, 6.45) is -4.35. The Balaban J connectivity index is 1.53. The maximum absolute atomic E-state index is 12.9. The molecule has 1 N–H and O–H groups in total. The molecule has 144 valence electrons. The van der Waals surface area contributed by atoms with Crippen molar-refractivity contribution in [3.8, 4) is 0 Å². The Morgan fingerprint density at radius 1 is 1.04 bits per heavy atom. The molecule has 0 saturated carbocycles. The Bertz CT molecular complexity index is 805. The van der Waals surface area contributed by atoms with Crippen molar-refractivity contribution in [2.24, 2.45) is 0 Å². The average Bonchev–Trinajstić information content (AvgIpc) is 2.64. The van der Waals surface area contributed by atoms with E-state index in [1.54, 1.807) is 6.07 Å². The molecule has 1 aliphatic rings. The number of piperazine rings is 1. The lowest BCUT2D eigenvalue weighted by Crippen LogP contribution is -2.48. The van der Waals surface area contributed by atoms with Crippen LogP contribution >= 0.6 is 15.9 Å². The van der Waals surface area contributed by atoms with Crippen LogP contribution < -0.4 is 10.2 Å². The molecule has 0 aromatic heterocycles. The molecule has 0 atom stereocenters. The molecule has 0 unspecified atom stereocenters. The molecular weight excluding hydrogens is 423 g/mol. The zero-order chi connectivity index (χ0) is 19.4. The normalized spacial score (nSPS) is 15.6. The van der Waals surface area contributed by atoms with Crippen LogP contribution in [0.3, 0.4) is 0 Å². The highest BCUT2D eigenvalue weighted by Gasteiger charge is 2.31. The SMILES string of the molecule is O=C(CN1CCN(c2cccc(C(F)(F)F)c2)CC1)Nc1ccccc1Br. The summed E-state index contributed by atoms with van der Waals surface area (Å²) >= 11 is 3.39.